The van der Waals surface area contributed by atoms with Crippen molar-refractivity contribution >= 4 is 11.6 Å². The summed E-state index contributed by atoms with van der Waals surface area (Å²) in [6, 6.07) is 4.85. The first-order chi connectivity index (χ1) is 10.5. The van der Waals surface area contributed by atoms with Crippen molar-refractivity contribution in [3.8, 4) is 0 Å². The van der Waals surface area contributed by atoms with Crippen LogP contribution in [0.1, 0.15) is 35.6 Å². The highest BCUT2D eigenvalue weighted by Gasteiger charge is 2.20. The lowest BCUT2D eigenvalue weighted by Crippen LogP contribution is -2.05. The third kappa shape index (κ3) is 2.54. The van der Waals surface area contributed by atoms with E-state index in [0.717, 1.165) is 12.1 Å². The molecule has 0 aliphatic heterocycles. The molecule has 0 N–H and O–H groups in total. The van der Waals surface area contributed by atoms with Crippen LogP contribution in [0, 0.1) is 23.3 Å². The third-order valence-electron chi connectivity index (χ3n) is 4.01. The van der Waals surface area contributed by atoms with Gasteiger partial charge in [0.1, 0.15) is 11.6 Å². The van der Waals surface area contributed by atoms with Gasteiger partial charge >= 0.3 is 0 Å². The SMILES string of the molecule is CCc1cc(F)c(C2=Cc3cc(F)c(F)cc3CC2)c(F)c1. The number of hydrogen-bond acceptors (Lipinski definition) is 0. The molecule has 114 valence electrons. The molecule has 0 fully saturated rings. The molecule has 0 heterocycles. The monoisotopic (exact) mass is 306 g/mol. The molecule has 0 radical (unpaired) electrons. The number of rotatable bonds is 2. The predicted octanol–water partition coefficient (Wildman–Crippen LogP) is 5.29. The smallest absolute Gasteiger partial charge is 0.159 e. The minimum Gasteiger partial charge on any atom is -0.206 e. The molecule has 3 rings (SSSR count). The summed E-state index contributed by atoms with van der Waals surface area (Å²) in [5.41, 5.74) is 2.10. The van der Waals surface area contributed by atoms with Crippen LogP contribution in [0.3, 0.4) is 0 Å². The molecule has 0 atom stereocenters. The molecule has 0 amide bonds. The maximum absolute atomic E-state index is 14.2. The highest BCUT2D eigenvalue weighted by Crippen LogP contribution is 2.34. The molecule has 0 nitrogen and oxygen atoms in total. The zero-order chi connectivity index (χ0) is 15.9. The van der Waals surface area contributed by atoms with Crippen molar-refractivity contribution in [3.05, 3.63) is 69.8 Å². The Morgan fingerprint density at radius 2 is 1.45 bits per heavy atom. The van der Waals surface area contributed by atoms with E-state index in [9.17, 15) is 17.6 Å². The number of halogens is 4. The Kier molecular flexibility index (Phi) is 3.77. The van der Waals surface area contributed by atoms with Crippen LogP contribution in [0.25, 0.3) is 11.6 Å². The molecule has 0 spiro atoms. The molecule has 0 saturated heterocycles. The zero-order valence-corrected chi connectivity index (χ0v) is 12.0. The van der Waals surface area contributed by atoms with Crippen LogP contribution in [0.4, 0.5) is 17.6 Å². The summed E-state index contributed by atoms with van der Waals surface area (Å²) in [4.78, 5) is 0. The maximum Gasteiger partial charge on any atom is 0.159 e. The van der Waals surface area contributed by atoms with Crippen LogP contribution < -0.4 is 0 Å². The molecule has 1 aliphatic carbocycles. The largest absolute Gasteiger partial charge is 0.206 e. The summed E-state index contributed by atoms with van der Waals surface area (Å²) in [6.45, 7) is 1.82. The molecule has 0 aromatic heterocycles. The number of fused-ring (bicyclic) bond motifs is 1. The van der Waals surface area contributed by atoms with Gasteiger partial charge in [0.25, 0.3) is 0 Å². The van der Waals surface area contributed by atoms with E-state index >= 15 is 0 Å². The van der Waals surface area contributed by atoms with Gasteiger partial charge in [-0.05, 0) is 65.8 Å². The first-order valence-electron chi connectivity index (χ1n) is 7.16. The van der Waals surface area contributed by atoms with E-state index in [1.807, 2.05) is 6.92 Å². The van der Waals surface area contributed by atoms with E-state index in [2.05, 4.69) is 0 Å². The number of allylic oxidation sites excluding steroid dienone is 1. The summed E-state index contributed by atoms with van der Waals surface area (Å²) in [7, 11) is 0. The fraction of sp³-hybridized carbons (Fsp3) is 0.222. The molecule has 4 heteroatoms. The quantitative estimate of drug-likeness (QED) is 0.661. The van der Waals surface area contributed by atoms with Crippen molar-refractivity contribution in [2.75, 3.05) is 0 Å². The van der Waals surface area contributed by atoms with Crippen molar-refractivity contribution < 1.29 is 17.6 Å². The maximum atomic E-state index is 14.2. The van der Waals surface area contributed by atoms with E-state index in [0.29, 0.717) is 41.5 Å². The average Bonchev–Trinajstić information content (AvgIpc) is 2.47. The van der Waals surface area contributed by atoms with Crippen molar-refractivity contribution in [1.82, 2.24) is 0 Å². The Morgan fingerprint density at radius 3 is 2.09 bits per heavy atom. The molecule has 1 aliphatic rings. The van der Waals surface area contributed by atoms with Gasteiger partial charge in [0.05, 0.1) is 0 Å². The third-order valence-corrected chi connectivity index (χ3v) is 4.01. The van der Waals surface area contributed by atoms with Gasteiger partial charge in [-0.1, -0.05) is 13.0 Å². The van der Waals surface area contributed by atoms with Crippen LogP contribution in [0.5, 0.6) is 0 Å². The van der Waals surface area contributed by atoms with Crippen LogP contribution in [-0.2, 0) is 12.8 Å². The molecule has 0 unspecified atom stereocenters. The Morgan fingerprint density at radius 1 is 0.818 bits per heavy atom. The van der Waals surface area contributed by atoms with Gasteiger partial charge in [0.15, 0.2) is 11.6 Å². The van der Waals surface area contributed by atoms with Crippen LogP contribution >= 0.6 is 0 Å². The highest BCUT2D eigenvalue weighted by molar-refractivity contribution is 5.84. The zero-order valence-electron chi connectivity index (χ0n) is 12.0. The molecule has 0 bridgehead atoms. The van der Waals surface area contributed by atoms with Gasteiger partial charge in [-0.2, -0.15) is 0 Å². The van der Waals surface area contributed by atoms with Gasteiger partial charge in [0.2, 0.25) is 0 Å². The number of benzene rings is 2. The number of aryl methyl sites for hydroxylation is 2. The predicted molar refractivity (Wildman–Crippen MR) is 78.3 cm³/mol. The second-order valence-corrected chi connectivity index (χ2v) is 5.42. The van der Waals surface area contributed by atoms with Crippen LogP contribution in [-0.4, -0.2) is 0 Å². The van der Waals surface area contributed by atoms with E-state index < -0.39 is 23.3 Å². The Bertz CT molecular complexity index is 752. The first kappa shape index (κ1) is 14.8. The minimum atomic E-state index is -0.960. The average molecular weight is 306 g/mol. The van der Waals surface area contributed by atoms with Gasteiger partial charge in [-0.3, -0.25) is 0 Å². The lowest BCUT2D eigenvalue weighted by molar-refractivity contribution is 0.506. The summed E-state index contributed by atoms with van der Waals surface area (Å²) in [6.07, 6.45) is 2.89. The Labute approximate surface area is 126 Å². The van der Waals surface area contributed by atoms with Gasteiger partial charge in [0, 0.05) is 5.56 Å². The van der Waals surface area contributed by atoms with Crippen molar-refractivity contribution in [2.24, 2.45) is 0 Å². The minimum absolute atomic E-state index is 0.0763. The van der Waals surface area contributed by atoms with Gasteiger partial charge in [-0.15, -0.1) is 0 Å². The molecular formula is C18H14F4. The molecule has 0 saturated carbocycles. The summed E-state index contributed by atoms with van der Waals surface area (Å²) in [5.74, 6) is -3.10. The van der Waals surface area contributed by atoms with E-state index in [-0.39, 0.29) is 5.56 Å². The molecular weight excluding hydrogens is 292 g/mol. The number of hydrogen-bond donors (Lipinski definition) is 0. The van der Waals surface area contributed by atoms with Gasteiger partial charge < -0.3 is 0 Å². The fourth-order valence-corrected chi connectivity index (χ4v) is 2.82. The summed E-state index contributed by atoms with van der Waals surface area (Å²) >= 11 is 0. The lowest BCUT2D eigenvalue weighted by Gasteiger charge is -2.18. The Balaban J connectivity index is 2.10. The second-order valence-electron chi connectivity index (χ2n) is 5.42. The summed E-state index contributed by atoms with van der Waals surface area (Å²) < 4.78 is 54.9. The molecule has 22 heavy (non-hydrogen) atoms. The van der Waals surface area contributed by atoms with Gasteiger partial charge in [-0.25, -0.2) is 17.6 Å². The molecule has 2 aromatic carbocycles. The standard InChI is InChI=1S/C18H14F4/c1-2-10-5-16(21)18(17(22)6-10)12-4-3-11-8-14(19)15(20)9-13(11)7-12/h5-9H,2-4H2,1H3. The van der Waals surface area contributed by atoms with Crippen molar-refractivity contribution in [3.63, 3.8) is 0 Å². The van der Waals surface area contributed by atoms with Crippen molar-refractivity contribution in [1.29, 1.82) is 0 Å². The van der Waals surface area contributed by atoms with E-state index in [4.69, 9.17) is 0 Å². The highest BCUT2D eigenvalue weighted by atomic mass is 19.2. The second kappa shape index (κ2) is 5.59. The lowest BCUT2D eigenvalue weighted by atomic mass is 9.87. The van der Waals surface area contributed by atoms with Crippen LogP contribution in [0.2, 0.25) is 0 Å². The summed E-state index contributed by atoms with van der Waals surface area (Å²) in [5, 5.41) is 0. The molecule has 2 aromatic rings. The first-order valence-corrected chi connectivity index (χ1v) is 7.16. The van der Waals surface area contributed by atoms with Crippen LogP contribution in [0.15, 0.2) is 24.3 Å². The van der Waals surface area contributed by atoms with E-state index in [1.54, 1.807) is 0 Å². The Hall–Kier alpha value is -2.10. The van der Waals surface area contributed by atoms with E-state index in [1.165, 1.54) is 18.2 Å². The normalized spacial score (nSPS) is 13.8. The topological polar surface area (TPSA) is 0 Å². The fourth-order valence-electron chi connectivity index (χ4n) is 2.82. The van der Waals surface area contributed by atoms with Crippen molar-refractivity contribution in [2.45, 2.75) is 26.2 Å².